The summed E-state index contributed by atoms with van der Waals surface area (Å²) in [5.74, 6) is 0. The van der Waals surface area contributed by atoms with Crippen LogP contribution in [0.15, 0.2) is 42.5 Å². The number of hydrogen-bond donors (Lipinski definition) is 0. The Bertz CT molecular complexity index is 959. The van der Waals surface area contributed by atoms with Crippen molar-refractivity contribution in [2.45, 2.75) is 90.3 Å². The molecule has 34 heavy (non-hydrogen) atoms. The Morgan fingerprint density at radius 3 is 1.32 bits per heavy atom. The molecule has 0 radical (unpaired) electrons. The maximum absolute atomic E-state index is 7.50. The molecule has 0 atom stereocenters. The van der Waals surface area contributed by atoms with E-state index in [1.807, 2.05) is 17.3 Å². The third-order valence-corrected chi connectivity index (χ3v) is 12.9. The molecule has 0 aliphatic rings. The first-order valence-corrected chi connectivity index (χ1v) is 17.4. The Morgan fingerprint density at radius 2 is 1.03 bits per heavy atom. The molecule has 0 amide bonds. The summed E-state index contributed by atoms with van der Waals surface area (Å²) >= 11 is 1.82. The van der Waals surface area contributed by atoms with Crippen LogP contribution in [0.1, 0.15) is 66.5 Å². The van der Waals surface area contributed by atoms with Crippen molar-refractivity contribution in [2.75, 3.05) is 0 Å². The second-order valence-electron chi connectivity index (χ2n) is 9.69. The zero-order chi connectivity index (χ0) is 26.0. The van der Waals surface area contributed by atoms with Gasteiger partial charge in [0, 0.05) is 10.8 Å². The number of benzene rings is 2. The number of hydrogen-bond acceptors (Lipinski definition) is 1. The van der Waals surface area contributed by atoms with E-state index in [1.165, 1.54) is 45.3 Å². The van der Waals surface area contributed by atoms with Gasteiger partial charge in [0.1, 0.15) is 0 Å². The van der Waals surface area contributed by atoms with Crippen LogP contribution in [0.25, 0.3) is 21.8 Å². The van der Waals surface area contributed by atoms with Gasteiger partial charge in [-0.2, -0.15) is 0 Å². The standard InChI is InChI=1S/C27H39NP2.CO.ClH.Ru/c1-18(2)29(19(3)4)16-24-13-9-11-22-15-23-12-10-14-25(27(23)28-26(22)24)17-30(20(5)6)21(7)8;1-2;;/h9-15,18-21H,16-17H2,1-8H3;;1H;/q;;;+1/p-1. The van der Waals surface area contributed by atoms with Gasteiger partial charge in [-0.15, -0.1) is 0 Å². The number of para-hydroxylation sites is 2. The second-order valence-corrected chi connectivity index (χ2v) is 16.5. The molecule has 3 rings (SSSR count). The van der Waals surface area contributed by atoms with Gasteiger partial charge >= 0.3 is 38.3 Å². The van der Waals surface area contributed by atoms with Crippen LogP contribution in [0.2, 0.25) is 0 Å². The second kappa shape index (κ2) is 15.7. The predicted molar refractivity (Wildman–Crippen MR) is 151 cm³/mol. The quantitative estimate of drug-likeness (QED) is 0.0829. The van der Waals surface area contributed by atoms with Gasteiger partial charge in [0.25, 0.3) is 0 Å². The van der Waals surface area contributed by atoms with E-state index in [-0.39, 0.29) is 15.8 Å². The van der Waals surface area contributed by atoms with E-state index in [0.29, 0.717) is 0 Å². The van der Waals surface area contributed by atoms with Crippen LogP contribution in [-0.4, -0.2) is 27.6 Å². The predicted octanol–water partition coefficient (Wildman–Crippen LogP) is 9.63. The number of halogens is 1. The van der Waals surface area contributed by atoms with Gasteiger partial charge < -0.3 is 0 Å². The number of aromatic nitrogens is 1. The monoisotopic (exact) mass is 604 g/mol. The number of nitrogens with zero attached hydrogens (tertiary/aromatic N) is 1. The van der Waals surface area contributed by atoms with E-state index >= 15 is 0 Å². The van der Waals surface area contributed by atoms with Gasteiger partial charge in [-0.3, -0.25) is 0 Å². The molecule has 0 aliphatic carbocycles. The average Bonchev–Trinajstić information content (AvgIpc) is 2.81. The summed E-state index contributed by atoms with van der Waals surface area (Å²) in [6, 6.07) is 15.9. The first-order valence-electron chi connectivity index (χ1n) is 11.8. The molecule has 2 nitrogen and oxygen atoms in total. The van der Waals surface area contributed by atoms with Crippen LogP contribution in [0.4, 0.5) is 0 Å². The molecule has 0 saturated heterocycles. The third kappa shape index (κ3) is 8.34. The Hall–Kier alpha value is -0.377. The van der Waals surface area contributed by atoms with E-state index in [1.54, 1.807) is 0 Å². The molecule has 0 spiro atoms. The summed E-state index contributed by atoms with van der Waals surface area (Å²) < 4.78 is 7.50. The molecule has 3 aromatic rings. The minimum atomic E-state index is -0.0470. The molecule has 0 bridgehead atoms. The minimum absolute atomic E-state index is 0.0470. The molecule has 0 fully saturated rings. The summed E-state index contributed by atoms with van der Waals surface area (Å²) in [7, 11) is 4.47. The molecule has 0 saturated carbocycles. The third-order valence-electron chi connectivity index (χ3n) is 6.20. The Labute approximate surface area is 224 Å². The van der Waals surface area contributed by atoms with Gasteiger partial charge in [0.15, 0.2) is 0 Å². The van der Waals surface area contributed by atoms with Crippen molar-refractivity contribution in [3.05, 3.63) is 60.2 Å². The van der Waals surface area contributed by atoms with Crippen molar-refractivity contribution in [1.29, 1.82) is 0 Å². The number of rotatable bonds is 8. The number of pyridine rings is 1. The van der Waals surface area contributed by atoms with Gasteiger partial charge in [-0.05, 0) is 52.2 Å². The molecule has 0 unspecified atom stereocenters. The van der Waals surface area contributed by atoms with Crippen molar-refractivity contribution in [3.63, 3.8) is 0 Å². The summed E-state index contributed by atoms with van der Waals surface area (Å²) in [6.45, 7) is 23.6. The van der Waals surface area contributed by atoms with Crippen LogP contribution >= 0.6 is 25.5 Å². The normalized spacial score (nSPS) is 11.5. The fraction of sp³-hybridized carbons (Fsp3) is 0.500. The SMILES string of the molecule is CC(C)P(Cc1cccc2cc3cccc(CP(C(C)C)C(C)C)c3nc12)C(C)C.[C-]#[O+].[Cl][Ru]. The fourth-order valence-corrected chi connectivity index (χ4v) is 9.72. The van der Waals surface area contributed by atoms with Crippen molar-refractivity contribution >= 4 is 47.3 Å². The molecule has 6 heteroatoms. The average molecular weight is 604 g/mol. The van der Waals surface area contributed by atoms with Crippen molar-refractivity contribution in [1.82, 2.24) is 4.98 Å². The molecule has 1 aromatic heterocycles. The molecule has 187 valence electrons. The summed E-state index contributed by atoms with van der Waals surface area (Å²) in [5, 5.41) is 2.57. The summed E-state index contributed by atoms with van der Waals surface area (Å²) in [5.41, 5.74) is 8.30. The van der Waals surface area contributed by atoms with Gasteiger partial charge in [0.05, 0.1) is 11.0 Å². The summed E-state index contributed by atoms with van der Waals surface area (Å²) in [6.07, 6.45) is 2.35. The zero-order valence-corrected chi connectivity index (χ0v) is 26.0. The Morgan fingerprint density at radius 1 is 0.706 bits per heavy atom. The van der Waals surface area contributed by atoms with Crippen molar-refractivity contribution in [2.24, 2.45) is 0 Å². The molecular formula is C28H39ClNOP2Ru. The zero-order valence-electron chi connectivity index (χ0n) is 21.7. The van der Waals surface area contributed by atoms with Crippen molar-refractivity contribution < 1.29 is 22.0 Å². The fourth-order valence-electron chi connectivity index (χ4n) is 4.58. The van der Waals surface area contributed by atoms with E-state index in [9.17, 15) is 0 Å². The van der Waals surface area contributed by atoms with Crippen LogP contribution in [0.5, 0.6) is 0 Å². The maximum atomic E-state index is 7.50. The van der Waals surface area contributed by atoms with E-state index < -0.39 is 0 Å². The molecule has 2 aromatic carbocycles. The van der Waals surface area contributed by atoms with Gasteiger partial charge in [-0.1, -0.05) is 108 Å². The van der Waals surface area contributed by atoms with Crippen LogP contribution < -0.4 is 0 Å². The topological polar surface area (TPSA) is 32.8 Å². The van der Waals surface area contributed by atoms with Gasteiger partial charge in [0.2, 0.25) is 0 Å². The first-order chi connectivity index (χ1) is 16.2. The summed E-state index contributed by atoms with van der Waals surface area (Å²) in [4.78, 5) is 5.34. The first kappa shape index (κ1) is 31.7. The van der Waals surface area contributed by atoms with Crippen LogP contribution in [0, 0.1) is 6.65 Å². The van der Waals surface area contributed by atoms with Crippen LogP contribution in [0.3, 0.4) is 0 Å². The Balaban J connectivity index is 0.00000137. The van der Waals surface area contributed by atoms with E-state index in [0.717, 1.165) is 22.6 Å². The molecule has 0 aliphatic heterocycles. The van der Waals surface area contributed by atoms with Gasteiger partial charge in [-0.25, -0.2) is 4.98 Å². The molecule has 0 N–H and O–H groups in total. The van der Waals surface area contributed by atoms with Crippen molar-refractivity contribution in [3.8, 4) is 0 Å². The molecular weight excluding hydrogens is 565 g/mol. The Kier molecular flexibility index (Phi) is 14.6. The van der Waals surface area contributed by atoms with E-state index in [4.69, 9.17) is 9.64 Å². The number of fused-ring (bicyclic) bond motifs is 2. The van der Waals surface area contributed by atoms with Crippen LogP contribution in [-0.2, 0) is 34.3 Å². The molecule has 1 heterocycles. The van der Waals surface area contributed by atoms with E-state index in [2.05, 4.69) is 114 Å².